The molecule has 2 aliphatic rings. The second kappa shape index (κ2) is 8.67. The van der Waals surface area contributed by atoms with Crippen LogP contribution in [0.3, 0.4) is 0 Å². The Morgan fingerprint density at radius 1 is 1.28 bits per heavy atom. The topological polar surface area (TPSA) is 61.5 Å². The van der Waals surface area contributed by atoms with Gasteiger partial charge < -0.3 is 15.2 Å². The summed E-state index contributed by atoms with van der Waals surface area (Å²) in [7, 11) is 1.40. The number of esters is 1. The molecule has 0 bridgehead atoms. The van der Waals surface area contributed by atoms with Crippen LogP contribution in [0, 0.1) is 5.41 Å². The molecule has 0 spiro atoms. The Hall–Kier alpha value is -2.33. The standard InChI is InChI=1S/C16H19NO2.C5H8O/c1-16(2)13(17)10-9-12(15(18)19-3)14(16)11-7-5-4-6-8-11;1-2-4-6-5-3-1/h4-10,13H,17H2,1-3H3;2,4H,1,3,5H2. The van der Waals surface area contributed by atoms with Crippen molar-refractivity contribution in [2.24, 2.45) is 11.1 Å². The predicted octanol–water partition coefficient (Wildman–Crippen LogP) is 3.85. The summed E-state index contributed by atoms with van der Waals surface area (Å²) in [5.41, 5.74) is 8.38. The summed E-state index contributed by atoms with van der Waals surface area (Å²) in [5.74, 6) is -0.324. The van der Waals surface area contributed by atoms with Gasteiger partial charge in [-0.05, 0) is 36.1 Å². The fourth-order valence-electron chi connectivity index (χ4n) is 2.94. The Kier molecular flexibility index (Phi) is 6.59. The molecule has 25 heavy (non-hydrogen) atoms. The van der Waals surface area contributed by atoms with E-state index in [1.165, 1.54) is 20.0 Å². The molecule has 4 heteroatoms. The molecule has 0 saturated carbocycles. The Labute approximate surface area is 150 Å². The quantitative estimate of drug-likeness (QED) is 0.830. The molecule has 1 aliphatic carbocycles. The second-order valence-corrected chi connectivity index (χ2v) is 6.64. The van der Waals surface area contributed by atoms with Crippen molar-refractivity contribution in [1.82, 2.24) is 0 Å². The van der Waals surface area contributed by atoms with Gasteiger partial charge in [0, 0.05) is 11.5 Å². The third-order valence-electron chi connectivity index (χ3n) is 4.51. The van der Waals surface area contributed by atoms with Gasteiger partial charge in [0.25, 0.3) is 0 Å². The molecule has 0 radical (unpaired) electrons. The van der Waals surface area contributed by atoms with E-state index in [0.717, 1.165) is 17.7 Å². The Balaban J connectivity index is 0.000000316. The zero-order valence-electron chi connectivity index (χ0n) is 15.2. The predicted molar refractivity (Wildman–Crippen MR) is 101 cm³/mol. The van der Waals surface area contributed by atoms with E-state index in [4.69, 9.17) is 15.2 Å². The van der Waals surface area contributed by atoms with Gasteiger partial charge in [0.05, 0.1) is 25.6 Å². The van der Waals surface area contributed by atoms with Crippen LogP contribution >= 0.6 is 0 Å². The first-order chi connectivity index (χ1) is 12.0. The van der Waals surface area contributed by atoms with E-state index < -0.39 is 0 Å². The lowest BCUT2D eigenvalue weighted by atomic mass is 9.70. The van der Waals surface area contributed by atoms with Gasteiger partial charge >= 0.3 is 5.97 Å². The maximum atomic E-state index is 12.0. The Morgan fingerprint density at radius 3 is 2.48 bits per heavy atom. The van der Waals surface area contributed by atoms with Crippen LogP contribution in [0.15, 0.2) is 60.4 Å². The van der Waals surface area contributed by atoms with Crippen LogP contribution in [-0.2, 0) is 14.3 Å². The van der Waals surface area contributed by atoms with Crippen molar-refractivity contribution >= 4 is 11.5 Å². The van der Waals surface area contributed by atoms with E-state index >= 15 is 0 Å². The molecule has 0 fully saturated rings. The number of ether oxygens (including phenoxy) is 2. The first-order valence-electron chi connectivity index (χ1n) is 8.57. The third-order valence-corrected chi connectivity index (χ3v) is 4.51. The van der Waals surface area contributed by atoms with E-state index in [9.17, 15) is 4.79 Å². The zero-order chi connectivity index (χ0) is 18.3. The number of carbonyl (C=O) groups excluding carboxylic acids is 1. The van der Waals surface area contributed by atoms with Crippen molar-refractivity contribution in [2.45, 2.75) is 32.7 Å². The second-order valence-electron chi connectivity index (χ2n) is 6.64. The number of rotatable bonds is 2. The molecule has 134 valence electrons. The summed E-state index contributed by atoms with van der Waals surface area (Å²) in [6.45, 7) is 5.01. The smallest absolute Gasteiger partial charge is 0.338 e. The maximum absolute atomic E-state index is 12.0. The number of carbonyl (C=O) groups is 1. The van der Waals surface area contributed by atoms with E-state index in [-0.39, 0.29) is 17.4 Å². The molecule has 1 atom stereocenters. The van der Waals surface area contributed by atoms with Gasteiger partial charge in [0.1, 0.15) is 0 Å². The lowest BCUT2D eigenvalue weighted by molar-refractivity contribution is -0.135. The number of benzene rings is 1. The molecule has 1 aliphatic heterocycles. The lowest BCUT2D eigenvalue weighted by Crippen LogP contribution is -2.39. The highest BCUT2D eigenvalue weighted by Gasteiger charge is 2.36. The minimum atomic E-state index is -0.324. The number of allylic oxidation sites excluding steroid dienone is 1. The van der Waals surface area contributed by atoms with Gasteiger partial charge in [-0.3, -0.25) is 0 Å². The van der Waals surface area contributed by atoms with Crippen molar-refractivity contribution < 1.29 is 14.3 Å². The van der Waals surface area contributed by atoms with Crippen LogP contribution < -0.4 is 5.73 Å². The van der Waals surface area contributed by atoms with Gasteiger partial charge in [-0.2, -0.15) is 0 Å². The Morgan fingerprint density at radius 2 is 2.00 bits per heavy atom. The fourth-order valence-corrected chi connectivity index (χ4v) is 2.94. The molecular formula is C21H27NO3. The average molecular weight is 341 g/mol. The molecule has 3 rings (SSSR count). The summed E-state index contributed by atoms with van der Waals surface area (Å²) in [5, 5.41) is 0. The van der Waals surface area contributed by atoms with Crippen molar-refractivity contribution in [3.8, 4) is 0 Å². The summed E-state index contributed by atoms with van der Waals surface area (Å²) < 4.78 is 9.77. The lowest BCUT2D eigenvalue weighted by Gasteiger charge is -2.36. The van der Waals surface area contributed by atoms with E-state index in [2.05, 4.69) is 0 Å². The van der Waals surface area contributed by atoms with Crippen molar-refractivity contribution in [3.05, 3.63) is 66.0 Å². The summed E-state index contributed by atoms with van der Waals surface area (Å²) in [6, 6.07) is 9.72. The maximum Gasteiger partial charge on any atom is 0.338 e. The minimum Gasteiger partial charge on any atom is -0.502 e. The van der Waals surface area contributed by atoms with Gasteiger partial charge in [-0.25, -0.2) is 4.79 Å². The molecule has 0 amide bonds. The SMILES string of the molecule is C1=COCCC1.COC(=O)C1=C(c2ccccc2)C(C)(C)C(N)C=C1. The summed E-state index contributed by atoms with van der Waals surface area (Å²) >= 11 is 0. The summed E-state index contributed by atoms with van der Waals surface area (Å²) in [4.78, 5) is 12.0. The van der Waals surface area contributed by atoms with Crippen LogP contribution in [-0.4, -0.2) is 25.7 Å². The first kappa shape index (κ1) is 19.0. The highest BCUT2D eigenvalue weighted by atomic mass is 16.5. The monoisotopic (exact) mass is 341 g/mol. The Bertz CT molecular complexity index is 664. The zero-order valence-corrected chi connectivity index (χ0v) is 15.2. The molecule has 1 aromatic carbocycles. The van der Waals surface area contributed by atoms with Gasteiger partial charge in [-0.15, -0.1) is 0 Å². The highest BCUT2D eigenvalue weighted by Crippen LogP contribution is 2.42. The van der Waals surface area contributed by atoms with Crippen LogP contribution in [0.25, 0.3) is 5.57 Å². The van der Waals surface area contributed by atoms with E-state index in [1.807, 2.05) is 56.3 Å². The molecule has 0 aromatic heterocycles. The average Bonchev–Trinajstić information content (AvgIpc) is 2.65. The number of methoxy groups -OCH3 is 1. The van der Waals surface area contributed by atoms with Crippen molar-refractivity contribution in [3.63, 3.8) is 0 Å². The van der Waals surface area contributed by atoms with Crippen LogP contribution in [0.1, 0.15) is 32.3 Å². The van der Waals surface area contributed by atoms with Crippen molar-refractivity contribution in [2.75, 3.05) is 13.7 Å². The van der Waals surface area contributed by atoms with Gasteiger partial charge in [0.15, 0.2) is 0 Å². The van der Waals surface area contributed by atoms with Crippen LogP contribution in [0.2, 0.25) is 0 Å². The number of hydrogen-bond donors (Lipinski definition) is 1. The van der Waals surface area contributed by atoms with Gasteiger partial charge in [0.2, 0.25) is 0 Å². The summed E-state index contributed by atoms with van der Waals surface area (Å²) in [6.07, 6.45) is 9.83. The third kappa shape index (κ3) is 4.60. The van der Waals surface area contributed by atoms with Crippen LogP contribution in [0.5, 0.6) is 0 Å². The fraction of sp³-hybridized carbons (Fsp3) is 0.381. The minimum absolute atomic E-state index is 0.129. The molecule has 0 saturated heterocycles. The van der Waals surface area contributed by atoms with Crippen LogP contribution in [0.4, 0.5) is 0 Å². The van der Waals surface area contributed by atoms with E-state index in [1.54, 1.807) is 12.3 Å². The molecule has 1 heterocycles. The first-order valence-corrected chi connectivity index (χ1v) is 8.57. The molecule has 1 unspecified atom stereocenters. The van der Waals surface area contributed by atoms with E-state index in [0.29, 0.717) is 5.57 Å². The number of nitrogens with two attached hydrogens (primary N) is 1. The van der Waals surface area contributed by atoms with Gasteiger partial charge in [-0.1, -0.05) is 50.3 Å². The molecular weight excluding hydrogens is 314 g/mol. The number of hydrogen-bond acceptors (Lipinski definition) is 4. The molecule has 1 aromatic rings. The highest BCUT2D eigenvalue weighted by molar-refractivity contribution is 6.02. The van der Waals surface area contributed by atoms with Crippen molar-refractivity contribution in [1.29, 1.82) is 0 Å². The molecule has 4 nitrogen and oxygen atoms in total. The normalized spacial score (nSPS) is 21.0. The largest absolute Gasteiger partial charge is 0.502 e. The molecule has 2 N–H and O–H groups in total.